The monoisotopic (exact) mass is 526 g/mol. The summed E-state index contributed by atoms with van der Waals surface area (Å²) in [6, 6.07) is 14.7. The fourth-order valence-corrected chi connectivity index (χ4v) is 4.36. The zero-order chi connectivity index (χ0) is 24.7. The summed E-state index contributed by atoms with van der Waals surface area (Å²) in [5, 5.41) is 0.562. The van der Waals surface area contributed by atoms with Crippen LogP contribution in [0.2, 0.25) is 0 Å². The molecule has 1 heterocycles. The van der Waals surface area contributed by atoms with E-state index in [1.54, 1.807) is 10.6 Å². The summed E-state index contributed by atoms with van der Waals surface area (Å²) >= 11 is 3.47. The van der Waals surface area contributed by atoms with E-state index >= 15 is 0 Å². The number of fused-ring (bicyclic) bond motifs is 1. The molecule has 0 aliphatic carbocycles. The molecule has 34 heavy (non-hydrogen) atoms. The van der Waals surface area contributed by atoms with Crippen molar-refractivity contribution in [2.24, 2.45) is 0 Å². The topological polar surface area (TPSA) is 58.4 Å². The van der Waals surface area contributed by atoms with Crippen molar-refractivity contribution in [2.75, 3.05) is 27.2 Å². The molecule has 0 bridgehead atoms. The molecular formula is C27H35BrN4O2. The summed E-state index contributed by atoms with van der Waals surface area (Å²) in [5.41, 5.74) is 1.25. The smallest absolute Gasteiger partial charge is 0.266 e. The molecule has 2 aromatic carbocycles. The zero-order valence-corrected chi connectivity index (χ0v) is 22.2. The second kappa shape index (κ2) is 12.3. The minimum absolute atomic E-state index is 0.107. The van der Waals surface area contributed by atoms with E-state index in [9.17, 15) is 9.59 Å². The van der Waals surface area contributed by atoms with E-state index in [2.05, 4.69) is 27.8 Å². The number of aromatic nitrogens is 2. The predicted molar refractivity (Wildman–Crippen MR) is 142 cm³/mol. The number of nitrogens with zero attached hydrogens (tertiary/aromatic N) is 4. The number of unbranched alkanes of at least 4 members (excludes halogenated alkanes) is 3. The first kappa shape index (κ1) is 26.1. The third kappa shape index (κ3) is 6.33. The van der Waals surface area contributed by atoms with Crippen molar-refractivity contribution >= 4 is 32.7 Å². The van der Waals surface area contributed by atoms with Gasteiger partial charge in [0.2, 0.25) is 5.91 Å². The first-order valence-corrected chi connectivity index (χ1v) is 12.8. The minimum atomic E-state index is -0.362. The molecular weight excluding hydrogens is 492 g/mol. The number of likely N-dealkylation sites (N-methyl/N-ethyl adjacent to an activating group) is 1. The van der Waals surface area contributed by atoms with Crippen molar-refractivity contribution < 1.29 is 4.79 Å². The van der Waals surface area contributed by atoms with Gasteiger partial charge >= 0.3 is 0 Å². The Bertz CT molecular complexity index is 1160. The van der Waals surface area contributed by atoms with E-state index in [-0.39, 0.29) is 17.5 Å². The maximum absolute atomic E-state index is 13.6. The van der Waals surface area contributed by atoms with E-state index in [1.807, 2.05) is 68.4 Å². The highest BCUT2D eigenvalue weighted by Crippen LogP contribution is 2.24. The van der Waals surface area contributed by atoms with Crippen LogP contribution in [0.5, 0.6) is 0 Å². The van der Waals surface area contributed by atoms with E-state index in [4.69, 9.17) is 4.98 Å². The van der Waals surface area contributed by atoms with Crippen LogP contribution in [0, 0.1) is 0 Å². The van der Waals surface area contributed by atoms with Gasteiger partial charge in [0.1, 0.15) is 5.82 Å². The van der Waals surface area contributed by atoms with Crippen LogP contribution in [0.4, 0.5) is 0 Å². The summed E-state index contributed by atoms with van der Waals surface area (Å²) in [4.78, 5) is 35.9. The zero-order valence-electron chi connectivity index (χ0n) is 20.6. The number of para-hydroxylation sites is 1. The van der Waals surface area contributed by atoms with Crippen molar-refractivity contribution in [1.29, 1.82) is 0 Å². The number of carbonyl (C=O) groups excluding carboxylic acids is 1. The van der Waals surface area contributed by atoms with Crippen molar-refractivity contribution in [3.63, 3.8) is 0 Å². The van der Waals surface area contributed by atoms with Gasteiger partial charge in [-0.05, 0) is 63.8 Å². The van der Waals surface area contributed by atoms with Crippen molar-refractivity contribution in [2.45, 2.75) is 52.0 Å². The van der Waals surface area contributed by atoms with E-state index in [1.165, 1.54) is 0 Å². The summed E-state index contributed by atoms with van der Waals surface area (Å²) in [7, 11) is 4.00. The Morgan fingerprint density at radius 2 is 1.74 bits per heavy atom. The van der Waals surface area contributed by atoms with Gasteiger partial charge in [-0.1, -0.05) is 54.2 Å². The molecule has 0 N–H and O–H groups in total. The summed E-state index contributed by atoms with van der Waals surface area (Å²) in [5.74, 6) is 0.682. The summed E-state index contributed by atoms with van der Waals surface area (Å²) < 4.78 is 2.59. The molecule has 182 valence electrons. The Hall–Kier alpha value is -2.51. The van der Waals surface area contributed by atoms with Crippen LogP contribution in [0.15, 0.2) is 57.8 Å². The number of halogens is 1. The molecule has 3 aromatic rings. The van der Waals surface area contributed by atoms with Crippen LogP contribution in [-0.4, -0.2) is 52.4 Å². The van der Waals surface area contributed by atoms with Crippen molar-refractivity contribution in [3.05, 3.63) is 69.2 Å². The number of hydrogen-bond donors (Lipinski definition) is 0. The number of benzene rings is 2. The fraction of sp³-hybridized carbons (Fsp3) is 0.444. The SMILES string of the molecule is CCCCCCC(=O)N(CCN(C)C)C(C)c1nc2ccccc2c(=O)n1-c1ccc(Br)cc1. The molecule has 0 aliphatic rings. The van der Waals surface area contributed by atoms with Gasteiger partial charge in [-0.3, -0.25) is 14.2 Å². The van der Waals surface area contributed by atoms with Gasteiger partial charge in [0, 0.05) is 24.0 Å². The Morgan fingerprint density at radius 1 is 1.03 bits per heavy atom. The summed E-state index contributed by atoms with van der Waals surface area (Å²) in [6.07, 6.45) is 4.71. The Balaban J connectivity index is 2.08. The van der Waals surface area contributed by atoms with Crippen LogP contribution in [0.3, 0.4) is 0 Å². The number of rotatable bonds is 11. The molecule has 3 rings (SSSR count). The first-order chi connectivity index (χ1) is 16.3. The van der Waals surface area contributed by atoms with Crippen LogP contribution in [-0.2, 0) is 4.79 Å². The Kier molecular flexibility index (Phi) is 9.42. The highest BCUT2D eigenvalue weighted by Gasteiger charge is 2.26. The van der Waals surface area contributed by atoms with Crippen LogP contribution in [0.1, 0.15) is 57.8 Å². The Morgan fingerprint density at radius 3 is 2.41 bits per heavy atom. The van der Waals surface area contributed by atoms with Crippen LogP contribution >= 0.6 is 15.9 Å². The standard InChI is InChI=1S/C27H35BrN4O2/c1-5-6-7-8-13-25(33)31(19-18-30(3)4)20(2)26-29-24-12-10-9-11-23(24)27(34)32(26)22-16-14-21(28)15-17-22/h9-12,14-17,20H,5-8,13,18-19H2,1-4H3. The molecule has 0 aliphatic heterocycles. The maximum Gasteiger partial charge on any atom is 0.266 e. The number of carbonyl (C=O) groups is 1. The van der Waals surface area contributed by atoms with Gasteiger partial charge in [-0.15, -0.1) is 0 Å². The van der Waals surface area contributed by atoms with Gasteiger partial charge in [0.15, 0.2) is 0 Å². The quantitative estimate of drug-likeness (QED) is 0.306. The van der Waals surface area contributed by atoms with Crippen molar-refractivity contribution in [3.8, 4) is 5.69 Å². The fourth-order valence-electron chi connectivity index (χ4n) is 4.10. The molecule has 0 saturated carbocycles. The molecule has 1 atom stereocenters. The normalized spacial score (nSPS) is 12.3. The average molecular weight is 528 g/mol. The maximum atomic E-state index is 13.6. The third-order valence-corrected chi connectivity index (χ3v) is 6.61. The molecule has 7 heteroatoms. The molecule has 0 radical (unpaired) electrons. The van der Waals surface area contributed by atoms with Crippen molar-refractivity contribution in [1.82, 2.24) is 19.4 Å². The van der Waals surface area contributed by atoms with E-state index in [0.29, 0.717) is 29.7 Å². The van der Waals surface area contributed by atoms with E-state index < -0.39 is 0 Å². The average Bonchev–Trinajstić information content (AvgIpc) is 2.82. The lowest BCUT2D eigenvalue weighted by Gasteiger charge is -2.31. The lowest BCUT2D eigenvalue weighted by Crippen LogP contribution is -2.40. The molecule has 0 saturated heterocycles. The lowest BCUT2D eigenvalue weighted by molar-refractivity contribution is -0.133. The molecule has 1 amide bonds. The van der Waals surface area contributed by atoms with E-state index in [0.717, 1.165) is 42.4 Å². The Labute approximate surface area is 210 Å². The second-order valence-electron chi connectivity index (χ2n) is 8.98. The third-order valence-electron chi connectivity index (χ3n) is 6.08. The first-order valence-electron chi connectivity index (χ1n) is 12.0. The second-order valence-corrected chi connectivity index (χ2v) is 9.90. The van der Waals surface area contributed by atoms with Gasteiger partial charge in [0.25, 0.3) is 5.56 Å². The van der Waals surface area contributed by atoms with Crippen LogP contribution in [0.25, 0.3) is 16.6 Å². The van der Waals surface area contributed by atoms with Gasteiger partial charge in [0.05, 0.1) is 22.6 Å². The number of hydrogen-bond acceptors (Lipinski definition) is 4. The summed E-state index contributed by atoms with van der Waals surface area (Å²) in [6.45, 7) is 5.45. The molecule has 0 fully saturated rings. The molecule has 1 unspecified atom stereocenters. The minimum Gasteiger partial charge on any atom is -0.331 e. The van der Waals surface area contributed by atoms with Gasteiger partial charge in [-0.25, -0.2) is 4.98 Å². The molecule has 6 nitrogen and oxygen atoms in total. The van der Waals surface area contributed by atoms with Crippen LogP contribution < -0.4 is 5.56 Å². The van der Waals surface area contributed by atoms with Gasteiger partial charge < -0.3 is 9.80 Å². The highest BCUT2D eigenvalue weighted by molar-refractivity contribution is 9.10. The predicted octanol–water partition coefficient (Wildman–Crippen LogP) is 5.57. The number of amides is 1. The highest BCUT2D eigenvalue weighted by atomic mass is 79.9. The molecule has 1 aromatic heterocycles. The molecule has 0 spiro atoms. The largest absolute Gasteiger partial charge is 0.331 e. The van der Waals surface area contributed by atoms with Gasteiger partial charge in [-0.2, -0.15) is 0 Å². The lowest BCUT2D eigenvalue weighted by atomic mass is 10.1.